The molecule has 0 atom stereocenters. The number of fused-ring (bicyclic) bond motifs is 1. The van der Waals surface area contributed by atoms with Crippen LogP contribution in [0.1, 0.15) is 10.5 Å². The fourth-order valence-corrected chi connectivity index (χ4v) is 2.68. The van der Waals surface area contributed by atoms with E-state index in [1.807, 2.05) is 12.1 Å². The zero-order chi connectivity index (χ0) is 16.6. The molecule has 118 valence electrons. The number of phenols is 1. The van der Waals surface area contributed by atoms with E-state index in [0.717, 1.165) is 10.9 Å². The molecule has 3 aromatic rings. The van der Waals surface area contributed by atoms with Crippen LogP contribution in [-0.4, -0.2) is 23.1 Å². The van der Waals surface area contributed by atoms with Crippen molar-refractivity contribution in [1.29, 1.82) is 0 Å². The molecule has 5 nitrogen and oxygen atoms in total. The fourth-order valence-electron chi connectivity index (χ4n) is 2.20. The molecule has 3 rings (SSSR count). The number of methoxy groups -OCH3 is 1. The molecule has 0 unspecified atom stereocenters. The highest BCUT2D eigenvalue weighted by molar-refractivity contribution is 6.37. The number of anilines is 1. The molecule has 2 aromatic carbocycles. The molecule has 1 heterocycles. The lowest BCUT2D eigenvalue weighted by Crippen LogP contribution is -2.12. The lowest BCUT2D eigenvalue weighted by molar-refractivity contribution is 0.102. The summed E-state index contributed by atoms with van der Waals surface area (Å²) >= 11 is 11.7. The Morgan fingerprint density at radius 1 is 1.17 bits per heavy atom. The Kier molecular flexibility index (Phi) is 4.07. The first kappa shape index (κ1) is 15.5. The minimum Gasteiger partial charge on any atom is -0.505 e. The maximum Gasteiger partial charge on any atom is 0.272 e. The lowest BCUT2D eigenvalue weighted by atomic mass is 10.2. The smallest absolute Gasteiger partial charge is 0.272 e. The number of H-pyrrole nitrogens is 1. The average Bonchev–Trinajstić information content (AvgIpc) is 2.95. The molecular weight excluding hydrogens is 339 g/mol. The van der Waals surface area contributed by atoms with Gasteiger partial charge in [0.25, 0.3) is 5.91 Å². The Hall–Kier alpha value is -2.37. The number of rotatable bonds is 3. The van der Waals surface area contributed by atoms with Gasteiger partial charge in [-0.2, -0.15) is 0 Å². The van der Waals surface area contributed by atoms with Gasteiger partial charge in [0.05, 0.1) is 17.2 Å². The quantitative estimate of drug-likeness (QED) is 0.611. The number of benzene rings is 2. The fraction of sp³-hybridized carbons (Fsp3) is 0.0625. The molecule has 23 heavy (non-hydrogen) atoms. The Bertz CT molecular complexity index is 882. The first-order valence-corrected chi connectivity index (χ1v) is 7.39. The predicted octanol–water partition coefficient (Wildman–Crippen LogP) is 4.44. The molecule has 0 bridgehead atoms. The summed E-state index contributed by atoms with van der Waals surface area (Å²) in [5, 5.41) is 13.2. The van der Waals surface area contributed by atoms with Crippen molar-refractivity contribution in [2.24, 2.45) is 0 Å². The summed E-state index contributed by atoms with van der Waals surface area (Å²) in [6.07, 6.45) is 0. The highest BCUT2D eigenvalue weighted by atomic mass is 35.5. The number of aromatic nitrogens is 1. The Labute approximate surface area is 141 Å². The average molecular weight is 351 g/mol. The van der Waals surface area contributed by atoms with E-state index in [-0.39, 0.29) is 21.7 Å². The Morgan fingerprint density at radius 3 is 2.52 bits per heavy atom. The third kappa shape index (κ3) is 3.06. The molecule has 1 amide bonds. The topological polar surface area (TPSA) is 74.4 Å². The number of amides is 1. The predicted molar refractivity (Wildman–Crippen MR) is 90.9 cm³/mol. The molecule has 7 heteroatoms. The van der Waals surface area contributed by atoms with E-state index < -0.39 is 0 Å². The van der Waals surface area contributed by atoms with Crippen molar-refractivity contribution in [3.63, 3.8) is 0 Å². The molecule has 1 aromatic heterocycles. The van der Waals surface area contributed by atoms with Crippen LogP contribution in [0.4, 0.5) is 5.69 Å². The number of carbonyl (C=O) groups is 1. The molecule has 0 saturated heterocycles. The van der Waals surface area contributed by atoms with E-state index in [9.17, 15) is 9.90 Å². The van der Waals surface area contributed by atoms with Gasteiger partial charge in [-0.3, -0.25) is 4.79 Å². The second-order valence-electron chi connectivity index (χ2n) is 4.88. The summed E-state index contributed by atoms with van der Waals surface area (Å²) in [5.41, 5.74) is 1.59. The molecule has 0 radical (unpaired) electrons. The number of nitrogens with one attached hydrogen (secondary N) is 2. The number of ether oxygens (including phenoxy) is 1. The van der Waals surface area contributed by atoms with Crippen LogP contribution in [-0.2, 0) is 0 Å². The van der Waals surface area contributed by atoms with Crippen molar-refractivity contribution < 1.29 is 14.6 Å². The highest BCUT2D eigenvalue weighted by Crippen LogP contribution is 2.34. The van der Waals surface area contributed by atoms with Crippen molar-refractivity contribution in [2.45, 2.75) is 0 Å². The van der Waals surface area contributed by atoms with Crippen LogP contribution in [0.25, 0.3) is 10.9 Å². The van der Waals surface area contributed by atoms with Crippen LogP contribution in [0.2, 0.25) is 10.0 Å². The normalized spacial score (nSPS) is 10.7. The first-order valence-electron chi connectivity index (χ1n) is 6.64. The summed E-state index contributed by atoms with van der Waals surface area (Å²) in [6.45, 7) is 0. The van der Waals surface area contributed by atoms with Gasteiger partial charge in [-0.1, -0.05) is 23.2 Å². The van der Waals surface area contributed by atoms with Crippen LogP contribution in [0.3, 0.4) is 0 Å². The van der Waals surface area contributed by atoms with Gasteiger partial charge < -0.3 is 20.1 Å². The summed E-state index contributed by atoms with van der Waals surface area (Å²) in [6, 6.07) is 10.0. The molecule has 0 saturated carbocycles. The second-order valence-corrected chi connectivity index (χ2v) is 5.69. The van der Waals surface area contributed by atoms with E-state index >= 15 is 0 Å². The highest BCUT2D eigenvalue weighted by Gasteiger charge is 2.13. The second kappa shape index (κ2) is 6.02. The first-order chi connectivity index (χ1) is 11.0. The van der Waals surface area contributed by atoms with Gasteiger partial charge in [-0.15, -0.1) is 0 Å². The number of hydrogen-bond acceptors (Lipinski definition) is 3. The SMILES string of the molecule is COc1ccc2[nH]c(C(=O)Nc3cc(Cl)c(O)c(Cl)c3)cc2c1. The van der Waals surface area contributed by atoms with Crippen LogP contribution in [0, 0.1) is 0 Å². The summed E-state index contributed by atoms with van der Waals surface area (Å²) in [5.74, 6) is 0.141. The van der Waals surface area contributed by atoms with Gasteiger partial charge >= 0.3 is 0 Å². The molecule has 0 aliphatic carbocycles. The van der Waals surface area contributed by atoms with Gasteiger partial charge in [0.1, 0.15) is 11.4 Å². The number of phenolic OH excluding ortho intramolecular Hbond substituents is 1. The standard InChI is InChI=1S/C16H12Cl2N2O3/c1-23-10-2-3-13-8(4-10)5-14(20-13)16(22)19-9-6-11(17)15(21)12(18)7-9/h2-7,20-21H,1H3,(H,19,22). The maximum atomic E-state index is 12.3. The third-order valence-corrected chi connectivity index (χ3v) is 3.92. The van der Waals surface area contributed by atoms with Crippen molar-refractivity contribution in [3.8, 4) is 11.5 Å². The number of carbonyl (C=O) groups excluding carboxylic acids is 1. The zero-order valence-electron chi connectivity index (χ0n) is 12.0. The molecule has 0 aliphatic heterocycles. The maximum absolute atomic E-state index is 12.3. The van der Waals surface area contributed by atoms with Gasteiger partial charge in [0.2, 0.25) is 0 Å². The summed E-state index contributed by atoms with van der Waals surface area (Å²) < 4.78 is 5.16. The van der Waals surface area contributed by atoms with Crippen LogP contribution >= 0.6 is 23.2 Å². The third-order valence-electron chi connectivity index (χ3n) is 3.35. The number of halogens is 2. The zero-order valence-corrected chi connectivity index (χ0v) is 13.5. The Morgan fingerprint density at radius 2 is 1.87 bits per heavy atom. The van der Waals surface area contributed by atoms with Crippen molar-refractivity contribution in [3.05, 3.63) is 52.1 Å². The number of hydrogen-bond donors (Lipinski definition) is 3. The van der Waals surface area contributed by atoms with E-state index in [1.54, 1.807) is 19.2 Å². The number of aromatic amines is 1. The van der Waals surface area contributed by atoms with Gasteiger partial charge in [0, 0.05) is 16.6 Å². The van der Waals surface area contributed by atoms with Crippen molar-refractivity contribution >= 4 is 45.7 Å². The number of aromatic hydroxyl groups is 1. The molecule has 0 fully saturated rings. The summed E-state index contributed by atoms with van der Waals surface area (Å²) in [7, 11) is 1.58. The molecule has 0 aliphatic rings. The van der Waals surface area contributed by atoms with Crippen molar-refractivity contribution in [1.82, 2.24) is 4.98 Å². The lowest BCUT2D eigenvalue weighted by Gasteiger charge is -2.06. The van der Waals surface area contributed by atoms with Gasteiger partial charge in [0.15, 0.2) is 5.75 Å². The van der Waals surface area contributed by atoms with E-state index in [4.69, 9.17) is 27.9 Å². The van der Waals surface area contributed by atoms with E-state index in [1.165, 1.54) is 12.1 Å². The van der Waals surface area contributed by atoms with E-state index in [0.29, 0.717) is 17.1 Å². The van der Waals surface area contributed by atoms with Crippen LogP contribution in [0.15, 0.2) is 36.4 Å². The van der Waals surface area contributed by atoms with Crippen molar-refractivity contribution in [2.75, 3.05) is 12.4 Å². The van der Waals surface area contributed by atoms with Gasteiger partial charge in [-0.25, -0.2) is 0 Å². The van der Waals surface area contributed by atoms with E-state index in [2.05, 4.69) is 10.3 Å². The largest absolute Gasteiger partial charge is 0.505 e. The minimum atomic E-state index is -0.349. The molecule has 3 N–H and O–H groups in total. The molecular formula is C16H12Cl2N2O3. The van der Waals surface area contributed by atoms with Crippen LogP contribution in [0.5, 0.6) is 11.5 Å². The van der Waals surface area contributed by atoms with Gasteiger partial charge in [-0.05, 0) is 36.4 Å². The monoisotopic (exact) mass is 350 g/mol. The molecule has 0 spiro atoms. The Balaban J connectivity index is 1.88. The van der Waals surface area contributed by atoms with Crippen LogP contribution < -0.4 is 10.1 Å². The summed E-state index contributed by atoms with van der Waals surface area (Å²) in [4.78, 5) is 15.3. The minimum absolute atomic E-state index is 0.0641.